The highest BCUT2D eigenvalue weighted by Gasteiger charge is 2.40. The van der Waals surface area contributed by atoms with E-state index in [-0.39, 0.29) is 5.92 Å². The van der Waals surface area contributed by atoms with Crippen LogP contribution in [0.25, 0.3) is 0 Å². The van der Waals surface area contributed by atoms with E-state index in [4.69, 9.17) is 22.8 Å². The quantitative estimate of drug-likeness (QED) is 0.348. The van der Waals surface area contributed by atoms with Gasteiger partial charge >= 0.3 is 6.09 Å². The zero-order valence-corrected chi connectivity index (χ0v) is 24.8. The lowest BCUT2D eigenvalue weighted by molar-refractivity contribution is -0.144. The summed E-state index contributed by atoms with van der Waals surface area (Å²) in [5, 5.41) is 6.06. The molecule has 0 aliphatic heterocycles. The summed E-state index contributed by atoms with van der Waals surface area (Å²) >= 11 is 6.42. The van der Waals surface area contributed by atoms with E-state index in [9.17, 15) is 14.4 Å². The van der Waals surface area contributed by atoms with Crippen LogP contribution in [0.1, 0.15) is 77.6 Å². The molecule has 0 bridgehead atoms. The minimum absolute atomic E-state index is 0.247. The van der Waals surface area contributed by atoms with Crippen molar-refractivity contribution in [3.8, 4) is 12.3 Å². The Bertz CT molecular complexity index is 1210. The van der Waals surface area contributed by atoms with Crippen LogP contribution < -0.4 is 10.6 Å². The first-order valence-corrected chi connectivity index (χ1v) is 13.5. The average molecular weight is 554 g/mol. The third-order valence-corrected chi connectivity index (χ3v) is 6.68. The minimum Gasteiger partial charge on any atom is -0.444 e. The molecule has 0 radical (unpaired) electrons. The number of hydrogen-bond donors (Lipinski definition) is 2. The maximum atomic E-state index is 14.3. The van der Waals surface area contributed by atoms with Gasteiger partial charge in [0, 0.05) is 11.6 Å². The fraction of sp³-hybridized carbons (Fsp3) is 0.452. The van der Waals surface area contributed by atoms with Crippen molar-refractivity contribution in [3.05, 3.63) is 64.2 Å². The molecule has 0 spiro atoms. The largest absolute Gasteiger partial charge is 0.444 e. The van der Waals surface area contributed by atoms with Gasteiger partial charge < -0.3 is 20.3 Å². The monoisotopic (exact) mass is 553 g/mol. The number of nitrogens with zero attached hydrogens (tertiary/aromatic N) is 1. The predicted octanol–water partition coefficient (Wildman–Crippen LogP) is 6.49. The molecular formula is C31H40ClN3O4. The van der Waals surface area contributed by atoms with Gasteiger partial charge in [0.15, 0.2) is 0 Å². The van der Waals surface area contributed by atoms with E-state index in [0.717, 1.165) is 5.56 Å². The lowest BCUT2D eigenvalue weighted by Gasteiger charge is -2.38. The van der Waals surface area contributed by atoms with Crippen molar-refractivity contribution in [1.82, 2.24) is 10.2 Å². The number of amides is 3. The Morgan fingerprint density at radius 2 is 1.72 bits per heavy atom. The van der Waals surface area contributed by atoms with E-state index in [1.807, 2.05) is 40.7 Å². The summed E-state index contributed by atoms with van der Waals surface area (Å²) in [6, 6.07) is 9.84. The van der Waals surface area contributed by atoms with E-state index >= 15 is 0 Å². The van der Waals surface area contributed by atoms with Gasteiger partial charge in [-0.15, -0.1) is 6.42 Å². The second kappa shape index (κ2) is 13.5. The van der Waals surface area contributed by atoms with Gasteiger partial charge in [0.25, 0.3) is 5.91 Å². The van der Waals surface area contributed by atoms with Gasteiger partial charge in [0.1, 0.15) is 17.7 Å². The molecule has 3 unspecified atom stereocenters. The zero-order valence-electron chi connectivity index (χ0n) is 24.1. The third-order valence-electron chi connectivity index (χ3n) is 6.37. The Kier molecular flexibility index (Phi) is 11.0. The van der Waals surface area contributed by atoms with Crippen molar-refractivity contribution < 1.29 is 19.1 Å². The smallest absolute Gasteiger partial charge is 0.408 e. The lowest BCUT2D eigenvalue weighted by atomic mass is 9.93. The topological polar surface area (TPSA) is 87.7 Å². The number of terminal acetylenes is 1. The second-order valence-electron chi connectivity index (χ2n) is 10.9. The van der Waals surface area contributed by atoms with Gasteiger partial charge in [0.2, 0.25) is 5.91 Å². The molecular weight excluding hydrogens is 514 g/mol. The number of aryl methyl sites for hydroxylation is 1. The summed E-state index contributed by atoms with van der Waals surface area (Å²) in [6.07, 6.45) is 5.72. The molecule has 0 heterocycles. The normalized spacial score (nSPS) is 13.6. The molecule has 0 aromatic heterocycles. The van der Waals surface area contributed by atoms with E-state index < -0.39 is 41.6 Å². The summed E-state index contributed by atoms with van der Waals surface area (Å²) in [7, 11) is 0. The van der Waals surface area contributed by atoms with Crippen molar-refractivity contribution in [1.29, 1.82) is 0 Å². The number of carbonyl (C=O) groups excluding carboxylic acids is 3. The molecule has 0 saturated carbocycles. The summed E-state index contributed by atoms with van der Waals surface area (Å²) in [5.74, 6) is 1.49. The highest BCUT2D eigenvalue weighted by Crippen LogP contribution is 2.32. The highest BCUT2D eigenvalue weighted by atomic mass is 35.5. The maximum Gasteiger partial charge on any atom is 0.408 e. The Morgan fingerprint density at radius 1 is 1.08 bits per heavy atom. The van der Waals surface area contributed by atoms with Crippen LogP contribution in [-0.2, 0) is 14.3 Å². The van der Waals surface area contributed by atoms with Gasteiger partial charge in [-0.1, -0.05) is 68.1 Å². The highest BCUT2D eigenvalue weighted by molar-refractivity contribution is 6.34. The van der Waals surface area contributed by atoms with Crippen LogP contribution in [0.5, 0.6) is 0 Å². The van der Waals surface area contributed by atoms with E-state index in [0.29, 0.717) is 28.3 Å². The molecule has 2 aromatic rings. The number of anilines is 1. The van der Waals surface area contributed by atoms with Crippen LogP contribution in [0, 0.1) is 25.2 Å². The molecule has 2 N–H and O–H groups in total. The number of alkyl carbamates (subject to hydrolysis) is 1. The van der Waals surface area contributed by atoms with Gasteiger partial charge in [-0.25, -0.2) is 4.79 Å². The van der Waals surface area contributed by atoms with Crippen molar-refractivity contribution >= 4 is 35.2 Å². The molecule has 210 valence electrons. The molecule has 0 fully saturated rings. The van der Waals surface area contributed by atoms with Gasteiger partial charge in [-0.3, -0.25) is 9.59 Å². The number of para-hydroxylation sites is 1. The van der Waals surface area contributed by atoms with Gasteiger partial charge in [-0.05, 0) is 70.7 Å². The summed E-state index contributed by atoms with van der Waals surface area (Å²) in [6.45, 7) is 14.5. The third kappa shape index (κ3) is 8.24. The first-order chi connectivity index (χ1) is 18.2. The van der Waals surface area contributed by atoms with Crippen molar-refractivity contribution in [2.45, 2.75) is 85.5 Å². The molecule has 3 amide bonds. The minimum atomic E-state index is -1.10. The molecule has 2 aromatic carbocycles. The molecule has 39 heavy (non-hydrogen) atoms. The molecule has 0 aliphatic carbocycles. The van der Waals surface area contributed by atoms with Gasteiger partial charge in [0.05, 0.1) is 10.7 Å². The standard InChI is InChI=1S/C31H40ClN3O4/c1-10-20(5)26(34-30(38)39-31(7,8)9)29(37)35(19(3)4)27(23-17-13-12-16-22(23)11-2)28(36)33-25-21(6)15-14-18-24(25)32/h2,12-20,26-27H,10H2,1,3-9H3,(H,33,36)(H,34,38). The number of benzene rings is 2. The summed E-state index contributed by atoms with van der Waals surface area (Å²) in [4.78, 5) is 42.6. The number of carbonyl (C=O) groups is 3. The van der Waals surface area contributed by atoms with Crippen molar-refractivity contribution in [2.24, 2.45) is 5.92 Å². The first kappa shape index (κ1) is 31.7. The van der Waals surface area contributed by atoms with Crippen LogP contribution in [0.3, 0.4) is 0 Å². The maximum absolute atomic E-state index is 14.3. The Balaban J connectivity index is 2.65. The number of ether oxygens (including phenoxy) is 1. The van der Waals surface area contributed by atoms with Crippen LogP contribution >= 0.6 is 11.6 Å². The predicted molar refractivity (Wildman–Crippen MR) is 157 cm³/mol. The van der Waals surface area contributed by atoms with E-state index in [1.54, 1.807) is 57.2 Å². The summed E-state index contributed by atoms with van der Waals surface area (Å²) in [5.41, 5.74) is 1.45. The number of hydrogen-bond acceptors (Lipinski definition) is 4. The van der Waals surface area contributed by atoms with Crippen LogP contribution in [0.4, 0.5) is 10.5 Å². The van der Waals surface area contributed by atoms with E-state index in [2.05, 4.69) is 16.6 Å². The Hall–Kier alpha value is -3.50. The molecule has 8 heteroatoms. The first-order valence-electron chi connectivity index (χ1n) is 13.1. The van der Waals surface area contributed by atoms with Crippen molar-refractivity contribution in [2.75, 3.05) is 5.32 Å². The zero-order chi connectivity index (χ0) is 29.5. The van der Waals surface area contributed by atoms with Gasteiger partial charge in [-0.2, -0.15) is 0 Å². The molecule has 0 saturated heterocycles. The SMILES string of the molecule is C#Cc1ccccc1C(C(=O)Nc1c(C)cccc1Cl)N(C(=O)C(NC(=O)OC(C)(C)C)C(C)CC)C(C)C. The van der Waals surface area contributed by atoms with Crippen LogP contribution in [0.2, 0.25) is 5.02 Å². The van der Waals surface area contributed by atoms with Crippen molar-refractivity contribution in [3.63, 3.8) is 0 Å². The Morgan fingerprint density at radius 3 is 2.26 bits per heavy atom. The van der Waals surface area contributed by atoms with Crippen LogP contribution in [0.15, 0.2) is 42.5 Å². The molecule has 7 nitrogen and oxygen atoms in total. The fourth-order valence-electron chi connectivity index (χ4n) is 4.22. The number of halogens is 1. The average Bonchev–Trinajstić information content (AvgIpc) is 2.85. The number of nitrogens with one attached hydrogen (secondary N) is 2. The molecule has 0 aliphatic rings. The molecule has 2 rings (SSSR count). The molecule has 3 atom stereocenters. The second-order valence-corrected chi connectivity index (χ2v) is 11.3. The Labute approximate surface area is 237 Å². The number of rotatable bonds is 9. The fourth-order valence-corrected chi connectivity index (χ4v) is 4.49. The van der Waals surface area contributed by atoms with E-state index in [1.165, 1.54) is 4.90 Å². The van der Waals surface area contributed by atoms with Crippen LogP contribution in [-0.4, -0.2) is 40.5 Å². The summed E-state index contributed by atoms with van der Waals surface area (Å²) < 4.78 is 5.45. The lowest BCUT2D eigenvalue weighted by Crippen LogP contribution is -2.56.